The van der Waals surface area contributed by atoms with Crippen molar-refractivity contribution in [3.05, 3.63) is 10.8 Å². The van der Waals surface area contributed by atoms with Crippen LogP contribution in [0, 0.1) is 5.41 Å². The van der Waals surface area contributed by atoms with E-state index in [0.29, 0.717) is 13.0 Å². The second-order valence-electron chi connectivity index (χ2n) is 8.83. The third kappa shape index (κ3) is 14.4. The molecule has 12 heteroatoms. The summed E-state index contributed by atoms with van der Waals surface area (Å²) in [6.07, 6.45) is 11.5. The topological polar surface area (TPSA) is 175 Å². The molecule has 1 heterocycles. The first-order valence-corrected chi connectivity index (χ1v) is 12.7. The lowest BCUT2D eigenvalue weighted by Gasteiger charge is -2.10. The Morgan fingerprint density at radius 3 is 2.06 bits per heavy atom. The van der Waals surface area contributed by atoms with Crippen LogP contribution in [0.25, 0.3) is 0 Å². The molecule has 0 aliphatic carbocycles. The molecule has 0 saturated heterocycles. The van der Waals surface area contributed by atoms with E-state index in [4.69, 9.17) is 28.5 Å². The van der Waals surface area contributed by atoms with Gasteiger partial charge in [-0.15, -0.1) is 0 Å². The lowest BCUT2D eigenvalue weighted by molar-refractivity contribution is -0.121. The molecule has 0 bridgehead atoms. The van der Waals surface area contributed by atoms with Gasteiger partial charge in [0.05, 0.1) is 0 Å². The second-order valence-corrected chi connectivity index (χ2v) is 9.19. The van der Waals surface area contributed by atoms with E-state index in [2.05, 4.69) is 30.8 Å². The van der Waals surface area contributed by atoms with Gasteiger partial charge >= 0.3 is 0 Å². The lowest BCUT2D eigenvalue weighted by Crippen LogP contribution is -2.41. The van der Waals surface area contributed by atoms with Crippen LogP contribution in [0.3, 0.4) is 0 Å². The van der Waals surface area contributed by atoms with Crippen molar-refractivity contribution in [1.82, 2.24) is 30.8 Å². The van der Waals surface area contributed by atoms with E-state index in [-0.39, 0.29) is 34.3 Å². The summed E-state index contributed by atoms with van der Waals surface area (Å²) in [7, 11) is 4.07. The number of rotatable bonds is 17. The van der Waals surface area contributed by atoms with Crippen LogP contribution in [0.4, 0.5) is 11.6 Å². The van der Waals surface area contributed by atoms with Gasteiger partial charge in [0, 0.05) is 19.5 Å². The first kappa shape index (κ1) is 30.4. The van der Waals surface area contributed by atoms with Gasteiger partial charge in [-0.3, -0.25) is 20.3 Å². The van der Waals surface area contributed by atoms with Crippen molar-refractivity contribution < 1.29 is 9.59 Å². The number of nitrogens with two attached hydrogens (primary N) is 2. The first-order valence-electron chi connectivity index (χ1n) is 12.3. The van der Waals surface area contributed by atoms with Crippen LogP contribution in [-0.2, 0) is 4.79 Å². The molecule has 0 saturated carbocycles. The Kier molecular flexibility index (Phi) is 15.4. The van der Waals surface area contributed by atoms with E-state index >= 15 is 0 Å². The molecule has 8 N–H and O–H groups in total. The minimum atomic E-state index is -0.671. The maximum atomic E-state index is 12.2. The molecular formula is C23H42ClN9O2. The van der Waals surface area contributed by atoms with Gasteiger partial charge in [-0.1, -0.05) is 56.5 Å². The highest BCUT2D eigenvalue weighted by molar-refractivity contribution is 6.31. The molecule has 1 aromatic rings. The summed E-state index contributed by atoms with van der Waals surface area (Å²) in [5.41, 5.74) is 11.0. The van der Waals surface area contributed by atoms with Crippen molar-refractivity contribution in [3.63, 3.8) is 0 Å². The Bertz CT molecular complexity index is 805. The molecule has 11 nitrogen and oxygen atoms in total. The summed E-state index contributed by atoms with van der Waals surface area (Å²) < 4.78 is 0. The van der Waals surface area contributed by atoms with E-state index < -0.39 is 5.91 Å². The van der Waals surface area contributed by atoms with Crippen molar-refractivity contribution in [3.8, 4) is 0 Å². The van der Waals surface area contributed by atoms with E-state index in [1.165, 1.54) is 25.7 Å². The molecule has 2 amide bonds. The average molecular weight is 512 g/mol. The standard InChI is InChI=1S/C23H42ClN9O2/c1-33(2)16-12-15-28-17(34)13-10-8-6-4-3-5-7-9-11-14-29-23(27)32-22(35)18-20(25)31-21(26)19(24)30-18/h3-16H2,1-2H3,(H,28,34)(H4,25,26,31)(H3,27,29,32,35). The molecule has 1 aromatic heterocycles. The van der Waals surface area contributed by atoms with Gasteiger partial charge in [0.2, 0.25) is 5.91 Å². The number of carbonyl (C=O) groups excluding carboxylic acids is 2. The van der Waals surface area contributed by atoms with Crippen LogP contribution in [0.15, 0.2) is 0 Å². The maximum absolute atomic E-state index is 12.2. The Hall–Kier alpha value is -2.66. The maximum Gasteiger partial charge on any atom is 0.280 e. The summed E-state index contributed by atoms with van der Waals surface area (Å²) in [5, 5.41) is 15.9. The quantitative estimate of drug-likeness (QED) is 0.105. The number of nitrogens with zero attached hydrogens (tertiary/aromatic N) is 3. The van der Waals surface area contributed by atoms with Crippen molar-refractivity contribution in [2.24, 2.45) is 0 Å². The average Bonchev–Trinajstić information content (AvgIpc) is 2.79. The van der Waals surface area contributed by atoms with Crippen LogP contribution in [-0.4, -0.2) is 66.4 Å². The molecule has 35 heavy (non-hydrogen) atoms. The van der Waals surface area contributed by atoms with Crippen LogP contribution in [0.2, 0.25) is 5.15 Å². The predicted octanol–water partition coefficient (Wildman–Crippen LogP) is 2.52. The molecule has 0 aliphatic heterocycles. The third-order valence-electron chi connectivity index (χ3n) is 5.35. The number of amides is 2. The van der Waals surface area contributed by atoms with Crippen LogP contribution < -0.4 is 27.4 Å². The Labute approximate surface area is 213 Å². The SMILES string of the molecule is CN(C)CCCNC(=O)CCCCCCCCCCCNC(=N)NC(=O)c1nc(Cl)c(N)nc1N. The second kappa shape index (κ2) is 17.7. The smallest absolute Gasteiger partial charge is 0.280 e. The molecule has 0 fully saturated rings. The summed E-state index contributed by atoms with van der Waals surface area (Å²) in [6.45, 7) is 2.33. The number of nitrogen functional groups attached to an aromatic ring is 2. The highest BCUT2D eigenvalue weighted by Crippen LogP contribution is 2.17. The summed E-state index contributed by atoms with van der Waals surface area (Å²) in [6, 6.07) is 0. The van der Waals surface area contributed by atoms with E-state index in [9.17, 15) is 9.59 Å². The number of guanidine groups is 1. The summed E-state index contributed by atoms with van der Waals surface area (Å²) in [5.74, 6) is -0.840. The van der Waals surface area contributed by atoms with Crippen LogP contribution in [0.5, 0.6) is 0 Å². The Morgan fingerprint density at radius 2 is 1.43 bits per heavy atom. The number of carbonyl (C=O) groups is 2. The fourth-order valence-corrected chi connectivity index (χ4v) is 3.53. The fourth-order valence-electron chi connectivity index (χ4n) is 3.40. The Morgan fingerprint density at radius 1 is 0.857 bits per heavy atom. The molecule has 0 unspecified atom stereocenters. The highest BCUT2D eigenvalue weighted by Gasteiger charge is 2.16. The summed E-state index contributed by atoms with van der Waals surface area (Å²) >= 11 is 5.77. The molecule has 1 rings (SSSR count). The zero-order chi connectivity index (χ0) is 26.1. The first-order chi connectivity index (χ1) is 16.7. The number of nitrogens with one attached hydrogen (secondary N) is 4. The van der Waals surface area contributed by atoms with Gasteiger partial charge in [-0.25, -0.2) is 9.97 Å². The van der Waals surface area contributed by atoms with Crippen molar-refractivity contribution in [2.45, 2.75) is 70.6 Å². The molecule has 0 radical (unpaired) electrons. The van der Waals surface area contributed by atoms with Gasteiger partial charge in [0.15, 0.2) is 28.4 Å². The van der Waals surface area contributed by atoms with E-state index in [0.717, 1.165) is 51.6 Å². The van der Waals surface area contributed by atoms with Crippen molar-refractivity contribution in [2.75, 3.05) is 45.2 Å². The number of unbranched alkanes of at least 4 members (excludes halogenated alkanes) is 8. The van der Waals surface area contributed by atoms with Gasteiger partial charge in [-0.05, 0) is 39.9 Å². The van der Waals surface area contributed by atoms with Gasteiger partial charge < -0.3 is 27.0 Å². The third-order valence-corrected chi connectivity index (χ3v) is 5.62. The number of hydrogen-bond acceptors (Lipinski definition) is 8. The zero-order valence-corrected chi connectivity index (χ0v) is 21.8. The lowest BCUT2D eigenvalue weighted by atomic mass is 10.1. The predicted molar refractivity (Wildman–Crippen MR) is 141 cm³/mol. The van der Waals surface area contributed by atoms with Gasteiger partial charge in [0.25, 0.3) is 5.91 Å². The van der Waals surface area contributed by atoms with Crippen molar-refractivity contribution in [1.29, 1.82) is 5.41 Å². The Balaban J connectivity index is 1.95. The largest absolute Gasteiger partial charge is 0.382 e. The molecule has 0 aliphatic rings. The summed E-state index contributed by atoms with van der Waals surface area (Å²) in [4.78, 5) is 33.6. The van der Waals surface area contributed by atoms with Crippen LogP contribution in [0.1, 0.15) is 81.1 Å². The van der Waals surface area contributed by atoms with Crippen molar-refractivity contribution >= 4 is 41.0 Å². The minimum absolute atomic E-state index is 0.0555. The molecule has 0 atom stereocenters. The van der Waals surface area contributed by atoms with Gasteiger partial charge in [-0.2, -0.15) is 0 Å². The fraction of sp³-hybridized carbons (Fsp3) is 0.696. The van der Waals surface area contributed by atoms with E-state index in [1.54, 1.807) is 0 Å². The molecule has 0 spiro atoms. The molecular weight excluding hydrogens is 470 g/mol. The normalized spacial score (nSPS) is 10.9. The monoisotopic (exact) mass is 511 g/mol. The number of hydrogen-bond donors (Lipinski definition) is 6. The number of halogens is 1. The molecule has 198 valence electrons. The van der Waals surface area contributed by atoms with Gasteiger partial charge in [0.1, 0.15) is 0 Å². The zero-order valence-electron chi connectivity index (χ0n) is 21.1. The minimum Gasteiger partial charge on any atom is -0.382 e. The number of anilines is 2. The highest BCUT2D eigenvalue weighted by atomic mass is 35.5. The van der Waals surface area contributed by atoms with Crippen LogP contribution >= 0.6 is 11.6 Å². The number of aromatic nitrogens is 2. The molecule has 0 aromatic carbocycles. The van der Waals surface area contributed by atoms with E-state index in [1.807, 2.05) is 14.1 Å².